The Bertz CT molecular complexity index is 1140. The van der Waals surface area contributed by atoms with E-state index in [1.54, 1.807) is 17.5 Å². The number of aromatic nitrogens is 3. The normalized spacial score (nSPS) is 15.1. The molecule has 0 bridgehead atoms. The van der Waals surface area contributed by atoms with Gasteiger partial charge in [0.05, 0.1) is 22.8 Å². The first-order chi connectivity index (χ1) is 14.7. The maximum atomic E-state index is 13.6. The van der Waals surface area contributed by atoms with Gasteiger partial charge in [0.1, 0.15) is 0 Å². The van der Waals surface area contributed by atoms with Gasteiger partial charge in [0.15, 0.2) is 5.65 Å². The molecule has 1 saturated heterocycles. The van der Waals surface area contributed by atoms with Crippen LogP contribution in [0.1, 0.15) is 59.8 Å². The third-order valence-corrected chi connectivity index (χ3v) is 6.76. The summed E-state index contributed by atoms with van der Waals surface area (Å²) in [5.74, 6) is -0.0179. The molecule has 1 aliphatic rings. The van der Waals surface area contributed by atoms with Gasteiger partial charge >= 0.3 is 0 Å². The Labute approximate surface area is 186 Å². The summed E-state index contributed by atoms with van der Waals surface area (Å²) < 4.78 is 1.88. The van der Waals surface area contributed by atoms with Crippen molar-refractivity contribution >= 4 is 34.2 Å². The van der Waals surface area contributed by atoms with Crippen LogP contribution < -0.4 is 5.32 Å². The van der Waals surface area contributed by atoms with Crippen LogP contribution >= 0.6 is 11.3 Å². The smallest absolute Gasteiger partial charge is 0.254 e. The zero-order valence-electron chi connectivity index (χ0n) is 18.7. The first kappa shape index (κ1) is 21.5. The Morgan fingerprint density at radius 2 is 1.90 bits per heavy atom. The Kier molecular flexibility index (Phi) is 5.83. The minimum Gasteiger partial charge on any atom is -0.353 e. The molecule has 1 N–H and O–H groups in total. The second-order valence-electron chi connectivity index (χ2n) is 8.57. The van der Waals surface area contributed by atoms with E-state index in [0.29, 0.717) is 18.7 Å². The third kappa shape index (κ3) is 4.21. The lowest BCUT2D eigenvalue weighted by molar-refractivity contribution is -0.119. The van der Waals surface area contributed by atoms with Gasteiger partial charge in [-0.15, -0.1) is 11.3 Å². The molecule has 0 unspecified atom stereocenters. The zero-order chi connectivity index (χ0) is 22.3. The number of hydrogen-bond donors (Lipinski definition) is 1. The van der Waals surface area contributed by atoms with Crippen molar-refractivity contribution in [3.63, 3.8) is 0 Å². The van der Waals surface area contributed by atoms with E-state index in [4.69, 9.17) is 4.98 Å². The van der Waals surface area contributed by atoms with Crippen molar-refractivity contribution in [2.24, 2.45) is 0 Å². The number of carbonyl (C=O) groups is 2. The molecule has 1 fully saturated rings. The van der Waals surface area contributed by atoms with Gasteiger partial charge in [-0.05, 0) is 52.7 Å². The van der Waals surface area contributed by atoms with E-state index in [1.807, 2.05) is 15.6 Å². The van der Waals surface area contributed by atoms with Crippen molar-refractivity contribution in [2.75, 3.05) is 13.1 Å². The number of fused-ring (bicyclic) bond motifs is 1. The number of carbonyl (C=O) groups excluding carboxylic acids is 2. The van der Waals surface area contributed by atoms with Crippen molar-refractivity contribution in [1.82, 2.24) is 25.0 Å². The lowest BCUT2D eigenvalue weighted by Gasteiger charge is -2.32. The summed E-state index contributed by atoms with van der Waals surface area (Å²) in [6.45, 7) is 11.1. The molecule has 3 aromatic rings. The lowest BCUT2D eigenvalue weighted by atomic mass is 10.0. The quantitative estimate of drug-likeness (QED) is 0.664. The van der Waals surface area contributed by atoms with Crippen LogP contribution in [-0.4, -0.2) is 50.6 Å². The molecule has 2 amide bonds. The number of piperidine rings is 1. The number of nitrogens with one attached hydrogen (secondary N) is 1. The van der Waals surface area contributed by atoms with E-state index < -0.39 is 0 Å². The van der Waals surface area contributed by atoms with Crippen LogP contribution in [0.15, 0.2) is 18.3 Å². The SMILES string of the molecule is CC(=O)NC1CCN(C(=O)c2cc(-c3cc(C)sc3C)nc3c2cnn3C(C)C)CC1. The topological polar surface area (TPSA) is 80.1 Å². The fourth-order valence-electron chi connectivity index (χ4n) is 4.28. The molecule has 0 aromatic carbocycles. The van der Waals surface area contributed by atoms with Crippen molar-refractivity contribution in [3.8, 4) is 11.3 Å². The first-order valence-corrected chi connectivity index (χ1v) is 11.6. The van der Waals surface area contributed by atoms with Crippen LogP contribution in [0.3, 0.4) is 0 Å². The van der Waals surface area contributed by atoms with Gasteiger partial charge in [-0.2, -0.15) is 5.10 Å². The van der Waals surface area contributed by atoms with Gasteiger partial charge < -0.3 is 10.2 Å². The van der Waals surface area contributed by atoms with Gasteiger partial charge in [-0.1, -0.05) is 0 Å². The minimum absolute atomic E-state index is 0.00263. The van der Waals surface area contributed by atoms with E-state index >= 15 is 0 Å². The van der Waals surface area contributed by atoms with Crippen LogP contribution in [0, 0.1) is 13.8 Å². The lowest BCUT2D eigenvalue weighted by Crippen LogP contribution is -2.46. The van der Waals surface area contributed by atoms with Crippen molar-refractivity contribution in [1.29, 1.82) is 0 Å². The molecule has 0 atom stereocenters. The minimum atomic E-state index is -0.0206. The molecule has 3 aromatic heterocycles. The fraction of sp³-hybridized carbons (Fsp3) is 0.478. The van der Waals surface area contributed by atoms with Crippen molar-refractivity contribution in [3.05, 3.63) is 33.6 Å². The number of aryl methyl sites for hydroxylation is 2. The third-order valence-electron chi connectivity index (χ3n) is 5.79. The van der Waals surface area contributed by atoms with Crippen LogP contribution in [0.4, 0.5) is 0 Å². The molecule has 4 rings (SSSR count). The summed E-state index contributed by atoms with van der Waals surface area (Å²) in [4.78, 5) is 34.1. The highest BCUT2D eigenvalue weighted by molar-refractivity contribution is 7.12. The molecule has 0 spiro atoms. The number of hydrogen-bond acceptors (Lipinski definition) is 5. The van der Waals surface area contributed by atoms with E-state index in [2.05, 4.69) is 44.2 Å². The molecule has 0 aliphatic carbocycles. The van der Waals surface area contributed by atoms with Gasteiger partial charge in [0.2, 0.25) is 5.91 Å². The van der Waals surface area contributed by atoms with Gasteiger partial charge in [0.25, 0.3) is 5.91 Å². The van der Waals surface area contributed by atoms with Crippen molar-refractivity contribution in [2.45, 2.75) is 59.5 Å². The highest BCUT2D eigenvalue weighted by atomic mass is 32.1. The zero-order valence-corrected chi connectivity index (χ0v) is 19.5. The number of amides is 2. The molecule has 31 heavy (non-hydrogen) atoms. The second kappa shape index (κ2) is 8.42. The molecular formula is C23H29N5O2S. The molecular weight excluding hydrogens is 410 g/mol. The first-order valence-electron chi connectivity index (χ1n) is 10.8. The largest absolute Gasteiger partial charge is 0.353 e. The summed E-state index contributed by atoms with van der Waals surface area (Å²) in [6.07, 6.45) is 3.29. The molecule has 0 radical (unpaired) electrons. The Hall–Kier alpha value is -2.74. The summed E-state index contributed by atoms with van der Waals surface area (Å²) in [7, 11) is 0. The van der Waals surface area contributed by atoms with Gasteiger partial charge in [-0.25, -0.2) is 9.67 Å². The summed E-state index contributed by atoms with van der Waals surface area (Å²) in [6, 6.07) is 4.33. The van der Waals surface area contributed by atoms with Crippen LogP contribution in [0.25, 0.3) is 22.3 Å². The molecule has 0 saturated carbocycles. The highest BCUT2D eigenvalue weighted by Crippen LogP contribution is 2.33. The van der Waals surface area contributed by atoms with Crippen LogP contribution in [0.2, 0.25) is 0 Å². The number of thiophene rings is 1. The number of nitrogens with zero attached hydrogens (tertiary/aromatic N) is 4. The van der Waals surface area contributed by atoms with E-state index in [-0.39, 0.29) is 23.9 Å². The predicted octanol–water partition coefficient (Wildman–Crippen LogP) is 4.10. The summed E-state index contributed by atoms with van der Waals surface area (Å²) in [5.41, 5.74) is 3.27. The van der Waals surface area contributed by atoms with Crippen molar-refractivity contribution < 1.29 is 9.59 Å². The van der Waals surface area contributed by atoms with E-state index in [9.17, 15) is 9.59 Å². The van der Waals surface area contributed by atoms with Crippen LogP contribution in [-0.2, 0) is 4.79 Å². The van der Waals surface area contributed by atoms with E-state index in [0.717, 1.165) is 35.1 Å². The number of pyridine rings is 1. The predicted molar refractivity (Wildman–Crippen MR) is 123 cm³/mol. The average molecular weight is 440 g/mol. The van der Waals surface area contributed by atoms with Crippen LogP contribution in [0.5, 0.6) is 0 Å². The molecule has 8 heteroatoms. The standard InChI is InChI=1S/C23H29N5O2S/c1-13(2)28-22-20(12-24-28)19(11-21(26-22)18-10-14(3)31-15(18)4)23(30)27-8-6-17(7-9-27)25-16(5)29/h10-13,17H,6-9H2,1-5H3,(H,25,29). The summed E-state index contributed by atoms with van der Waals surface area (Å²) >= 11 is 1.74. The summed E-state index contributed by atoms with van der Waals surface area (Å²) in [5, 5.41) is 8.28. The second-order valence-corrected chi connectivity index (χ2v) is 10.0. The Balaban J connectivity index is 1.73. The molecule has 1 aliphatic heterocycles. The maximum Gasteiger partial charge on any atom is 0.254 e. The fourth-order valence-corrected chi connectivity index (χ4v) is 5.21. The monoisotopic (exact) mass is 439 g/mol. The Morgan fingerprint density at radius 1 is 1.19 bits per heavy atom. The molecule has 4 heterocycles. The highest BCUT2D eigenvalue weighted by Gasteiger charge is 2.27. The number of rotatable bonds is 4. The molecule has 7 nitrogen and oxygen atoms in total. The Morgan fingerprint density at radius 3 is 2.48 bits per heavy atom. The van der Waals surface area contributed by atoms with Gasteiger partial charge in [-0.3, -0.25) is 9.59 Å². The number of likely N-dealkylation sites (tertiary alicyclic amines) is 1. The van der Waals surface area contributed by atoms with Gasteiger partial charge in [0, 0.05) is 47.4 Å². The average Bonchev–Trinajstić information content (AvgIpc) is 3.29. The molecule has 164 valence electrons. The maximum absolute atomic E-state index is 13.6. The van der Waals surface area contributed by atoms with E-state index in [1.165, 1.54) is 16.7 Å².